The predicted molar refractivity (Wildman–Crippen MR) is 217 cm³/mol. The van der Waals surface area contributed by atoms with Crippen LogP contribution in [0, 0.1) is 0 Å². The van der Waals surface area contributed by atoms with E-state index in [2.05, 4.69) is 157 Å². The van der Waals surface area contributed by atoms with E-state index in [1.165, 1.54) is 40.7 Å². The zero-order chi connectivity index (χ0) is 33.0. The fourth-order valence-corrected chi connectivity index (χ4v) is 9.89. The average molecular weight is 694 g/mol. The normalized spacial score (nSPS) is 11.6. The molecule has 3 nitrogen and oxygen atoms in total. The van der Waals surface area contributed by atoms with E-state index in [9.17, 15) is 0 Å². The lowest BCUT2D eigenvalue weighted by Gasteiger charge is -2.26. The molecule has 10 rings (SSSR count). The van der Waals surface area contributed by atoms with Crippen LogP contribution in [-0.2, 0) is 0 Å². The van der Waals surface area contributed by atoms with Crippen LogP contribution in [0.15, 0.2) is 164 Å². The van der Waals surface area contributed by atoms with Crippen molar-refractivity contribution in [1.82, 2.24) is 9.97 Å². The summed E-state index contributed by atoms with van der Waals surface area (Å²) in [5, 5.41) is 4.70. The van der Waals surface area contributed by atoms with Crippen molar-refractivity contribution < 1.29 is 0 Å². The van der Waals surface area contributed by atoms with Crippen LogP contribution >= 0.6 is 34.0 Å². The Kier molecular flexibility index (Phi) is 7.05. The molecular weight excluding hydrogens is 667 g/mol. The van der Waals surface area contributed by atoms with E-state index >= 15 is 0 Å². The highest BCUT2D eigenvalue weighted by molar-refractivity contribution is 7.26. The van der Waals surface area contributed by atoms with E-state index in [0.29, 0.717) is 0 Å². The minimum Gasteiger partial charge on any atom is -0.311 e. The van der Waals surface area contributed by atoms with Gasteiger partial charge in [-0.1, -0.05) is 72.8 Å². The van der Waals surface area contributed by atoms with Crippen LogP contribution in [0.25, 0.3) is 72.9 Å². The molecule has 0 bridgehead atoms. The number of aromatic nitrogens is 2. The number of hydrogen-bond donors (Lipinski definition) is 0. The molecule has 0 saturated heterocycles. The topological polar surface area (TPSA) is 29.0 Å². The lowest BCUT2D eigenvalue weighted by Crippen LogP contribution is -2.09. The summed E-state index contributed by atoms with van der Waals surface area (Å²) in [6.45, 7) is 0. The Morgan fingerprint density at radius 1 is 0.360 bits per heavy atom. The predicted octanol–water partition coefficient (Wildman–Crippen LogP) is 13.7. The molecule has 0 spiro atoms. The van der Waals surface area contributed by atoms with E-state index in [1.54, 1.807) is 22.7 Å². The summed E-state index contributed by atoms with van der Waals surface area (Å²) >= 11 is 5.33. The van der Waals surface area contributed by atoms with Crippen molar-refractivity contribution in [3.63, 3.8) is 0 Å². The fourth-order valence-electron chi connectivity index (χ4n) is 6.71. The lowest BCUT2D eigenvalue weighted by molar-refractivity contribution is 1.28. The van der Waals surface area contributed by atoms with E-state index in [-0.39, 0.29) is 0 Å². The summed E-state index contributed by atoms with van der Waals surface area (Å²) in [4.78, 5) is 12.1. The summed E-state index contributed by atoms with van der Waals surface area (Å²) in [5.74, 6) is 0. The standard InChI is InChI=1S/C44H27N3S3/c1-4-13-39-35(8-1)36-10-7-9-34(42(36)48-39)28-16-22-31(23-17-28)47(32-24-18-29(19-25-32)43-45-37-11-2-5-14-40(37)49-43)33-26-20-30(21-27-33)44-46-38-12-3-6-15-41(38)50-44/h1-27H. The second-order valence-corrected chi connectivity index (χ2v) is 15.3. The van der Waals surface area contributed by atoms with Crippen LogP contribution in [0.4, 0.5) is 17.1 Å². The van der Waals surface area contributed by atoms with Gasteiger partial charge < -0.3 is 4.90 Å². The number of thiophene rings is 1. The number of fused-ring (bicyclic) bond motifs is 5. The van der Waals surface area contributed by atoms with Crippen LogP contribution < -0.4 is 4.90 Å². The monoisotopic (exact) mass is 693 g/mol. The van der Waals surface area contributed by atoms with Gasteiger partial charge >= 0.3 is 0 Å². The molecule has 6 heteroatoms. The molecule has 7 aromatic carbocycles. The van der Waals surface area contributed by atoms with Gasteiger partial charge in [-0.25, -0.2) is 9.97 Å². The Morgan fingerprint density at radius 2 is 0.820 bits per heavy atom. The average Bonchev–Trinajstić information content (AvgIpc) is 3.91. The van der Waals surface area contributed by atoms with E-state index < -0.39 is 0 Å². The zero-order valence-electron chi connectivity index (χ0n) is 26.7. The van der Waals surface area contributed by atoms with Crippen molar-refractivity contribution in [2.24, 2.45) is 0 Å². The highest BCUT2D eigenvalue weighted by Crippen LogP contribution is 2.42. The third-order valence-electron chi connectivity index (χ3n) is 9.17. The number of para-hydroxylation sites is 2. The number of rotatable bonds is 6. The van der Waals surface area contributed by atoms with Gasteiger partial charge in [0.2, 0.25) is 0 Å². The molecule has 10 aromatic rings. The first-order valence-corrected chi connectivity index (χ1v) is 18.9. The number of anilines is 3. The number of hydrogen-bond acceptors (Lipinski definition) is 6. The number of benzene rings is 7. The Hall–Kier alpha value is -5.66. The first-order valence-electron chi connectivity index (χ1n) is 16.5. The molecule has 0 aliphatic carbocycles. The van der Waals surface area contributed by atoms with Gasteiger partial charge in [-0.2, -0.15) is 0 Å². The third kappa shape index (κ3) is 5.08. The van der Waals surface area contributed by atoms with E-state index in [1.807, 2.05) is 23.5 Å². The maximum Gasteiger partial charge on any atom is 0.124 e. The molecule has 3 heterocycles. The molecule has 0 aliphatic rings. The highest BCUT2D eigenvalue weighted by Gasteiger charge is 2.16. The van der Waals surface area contributed by atoms with Crippen LogP contribution in [0.1, 0.15) is 0 Å². The van der Waals surface area contributed by atoms with Crippen molar-refractivity contribution in [1.29, 1.82) is 0 Å². The Bertz CT molecular complexity index is 2630. The van der Waals surface area contributed by atoms with Crippen molar-refractivity contribution in [2.75, 3.05) is 4.90 Å². The largest absolute Gasteiger partial charge is 0.311 e. The molecule has 0 radical (unpaired) electrons. The number of thiazole rings is 2. The van der Waals surface area contributed by atoms with Gasteiger partial charge in [-0.3, -0.25) is 0 Å². The van der Waals surface area contributed by atoms with Gasteiger partial charge in [0.05, 0.1) is 20.4 Å². The molecule has 236 valence electrons. The summed E-state index contributed by atoms with van der Waals surface area (Å²) in [6, 6.07) is 58.6. The van der Waals surface area contributed by atoms with Crippen LogP contribution in [-0.4, -0.2) is 9.97 Å². The molecular formula is C44H27N3S3. The molecule has 0 aliphatic heterocycles. The molecule has 0 N–H and O–H groups in total. The molecule has 0 unspecified atom stereocenters. The molecule has 0 saturated carbocycles. The maximum atomic E-state index is 4.90. The van der Waals surface area contributed by atoms with Crippen molar-refractivity contribution >= 4 is 91.7 Å². The number of nitrogens with zero attached hydrogens (tertiary/aromatic N) is 3. The van der Waals surface area contributed by atoms with Crippen molar-refractivity contribution in [3.8, 4) is 32.3 Å². The molecule has 0 atom stereocenters. The maximum absolute atomic E-state index is 4.90. The third-order valence-corrected chi connectivity index (χ3v) is 12.6. The van der Waals surface area contributed by atoms with Gasteiger partial charge in [0.15, 0.2) is 0 Å². The zero-order valence-corrected chi connectivity index (χ0v) is 29.1. The molecule has 0 amide bonds. The van der Waals surface area contributed by atoms with Crippen molar-refractivity contribution in [2.45, 2.75) is 0 Å². The highest BCUT2D eigenvalue weighted by atomic mass is 32.1. The summed E-state index contributed by atoms with van der Waals surface area (Å²) in [6.07, 6.45) is 0. The van der Waals surface area contributed by atoms with Crippen LogP contribution in [0.5, 0.6) is 0 Å². The smallest absolute Gasteiger partial charge is 0.124 e. The van der Waals surface area contributed by atoms with Crippen molar-refractivity contribution in [3.05, 3.63) is 164 Å². The summed E-state index contributed by atoms with van der Waals surface area (Å²) in [7, 11) is 0. The molecule has 50 heavy (non-hydrogen) atoms. The van der Waals surface area contributed by atoms with Crippen LogP contribution in [0.2, 0.25) is 0 Å². The van der Waals surface area contributed by atoms with Gasteiger partial charge in [-0.15, -0.1) is 34.0 Å². The van der Waals surface area contributed by atoms with E-state index in [0.717, 1.165) is 49.2 Å². The van der Waals surface area contributed by atoms with Gasteiger partial charge in [0.25, 0.3) is 0 Å². The quantitative estimate of drug-likeness (QED) is 0.174. The second kappa shape index (κ2) is 12.0. The minimum absolute atomic E-state index is 1.03. The first-order chi connectivity index (χ1) is 24.7. The second-order valence-electron chi connectivity index (χ2n) is 12.2. The van der Waals surface area contributed by atoms with Gasteiger partial charge in [0, 0.05) is 48.4 Å². The Labute approximate surface area is 301 Å². The summed E-state index contributed by atoms with van der Waals surface area (Å²) < 4.78 is 5.05. The first kappa shape index (κ1) is 29.3. The minimum atomic E-state index is 1.03. The Balaban J connectivity index is 1.04. The lowest BCUT2D eigenvalue weighted by atomic mass is 10.0. The van der Waals surface area contributed by atoms with E-state index in [4.69, 9.17) is 9.97 Å². The molecule has 0 fully saturated rings. The molecule has 3 aromatic heterocycles. The van der Waals surface area contributed by atoms with Crippen LogP contribution in [0.3, 0.4) is 0 Å². The fraction of sp³-hybridized carbons (Fsp3) is 0. The Morgan fingerprint density at radius 3 is 1.36 bits per heavy atom. The van der Waals surface area contributed by atoms with Gasteiger partial charge in [0.1, 0.15) is 10.0 Å². The summed E-state index contributed by atoms with van der Waals surface area (Å²) in [5.41, 5.74) is 10.1. The van der Waals surface area contributed by atoms with Gasteiger partial charge in [-0.05, 0) is 102 Å². The SMILES string of the molecule is c1ccc2sc(-c3ccc(N(c4ccc(-c5nc6ccccc6s5)cc4)c4ccc(-c5cccc6c5sc5ccccc56)cc4)cc3)nc2c1.